The van der Waals surface area contributed by atoms with Crippen molar-refractivity contribution in [3.8, 4) is 17.2 Å². The highest BCUT2D eigenvalue weighted by molar-refractivity contribution is 6.03. The summed E-state index contributed by atoms with van der Waals surface area (Å²) in [5.41, 5.74) is -0.956. The van der Waals surface area contributed by atoms with Gasteiger partial charge in [0.2, 0.25) is 0 Å². The fraction of sp³-hybridized carbons (Fsp3) is 0.467. The van der Waals surface area contributed by atoms with Gasteiger partial charge in [-0.15, -0.1) is 0 Å². The summed E-state index contributed by atoms with van der Waals surface area (Å²) in [7, 11) is 4.34. The van der Waals surface area contributed by atoms with Gasteiger partial charge in [-0.3, -0.25) is 9.59 Å². The van der Waals surface area contributed by atoms with Crippen LogP contribution in [0.15, 0.2) is 12.1 Å². The van der Waals surface area contributed by atoms with Gasteiger partial charge in [-0.25, -0.2) is 0 Å². The van der Waals surface area contributed by atoms with Crippen LogP contribution < -0.4 is 14.2 Å². The molecule has 116 valence electrons. The van der Waals surface area contributed by atoms with E-state index in [1.165, 1.54) is 35.2 Å². The molecule has 1 rings (SSSR count). The Hall–Kier alpha value is -2.24. The molecule has 6 heteroatoms. The number of carbonyl (C=O) groups is 2. The van der Waals surface area contributed by atoms with Gasteiger partial charge < -0.3 is 19.3 Å². The van der Waals surface area contributed by atoms with Crippen molar-refractivity contribution in [2.24, 2.45) is 5.41 Å². The summed E-state index contributed by atoms with van der Waals surface area (Å²) < 4.78 is 15.5. The Morgan fingerprint density at radius 1 is 1.05 bits per heavy atom. The first-order valence-electron chi connectivity index (χ1n) is 6.33. The van der Waals surface area contributed by atoms with Crippen LogP contribution in [0.2, 0.25) is 0 Å². The number of rotatable bonds is 7. The number of aliphatic carboxylic acids is 1. The van der Waals surface area contributed by atoms with Gasteiger partial charge in [0.25, 0.3) is 0 Å². The number of Topliss-reactive ketones (excluding diaryl/α,β-unsaturated/α-hetero) is 1. The highest BCUT2D eigenvalue weighted by Crippen LogP contribution is 2.36. The average molecular weight is 296 g/mol. The summed E-state index contributed by atoms with van der Waals surface area (Å²) in [6.45, 7) is 2.99. The standard InChI is InChI=1S/C15H20O6/c1-15(2,14(17)18)8-10(16)13-11(20-4)6-9(19-3)7-12(13)21-5/h6-7H,8H2,1-5H3,(H,17,18). The zero-order valence-corrected chi connectivity index (χ0v) is 12.9. The van der Waals surface area contributed by atoms with E-state index in [1.807, 2.05) is 0 Å². The lowest BCUT2D eigenvalue weighted by atomic mass is 9.85. The summed E-state index contributed by atoms with van der Waals surface area (Å²) in [6, 6.07) is 3.12. The molecule has 0 spiro atoms. The summed E-state index contributed by atoms with van der Waals surface area (Å²) in [5.74, 6) is -0.339. The van der Waals surface area contributed by atoms with Crippen LogP contribution in [-0.2, 0) is 4.79 Å². The minimum atomic E-state index is -1.17. The third kappa shape index (κ3) is 3.65. The molecule has 0 aromatic heterocycles. The zero-order chi connectivity index (χ0) is 16.2. The number of carboxylic acids is 1. The van der Waals surface area contributed by atoms with Crippen molar-refractivity contribution >= 4 is 11.8 Å². The van der Waals surface area contributed by atoms with E-state index in [0.717, 1.165) is 0 Å². The number of ketones is 1. The number of carbonyl (C=O) groups excluding carboxylic acids is 1. The second-order valence-corrected chi connectivity index (χ2v) is 5.20. The molecule has 0 amide bonds. The second-order valence-electron chi connectivity index (χ2n) is 5.20. The fourth-order valence-electron chi connectivity index (χ4n) is 1.85. The Kier molecular flexibility index (Phi) is 5.18. The van der Waals surface area contributed by atoms with Gasteiger partial charge in [0.15, 0.2) is 5.78 Å². The quantitative estimate of drug-likeness (QED) is 0.778. The third-order valence-corrected chi connectivity index (χ3v) is 3.18. The molecule has 0 aliphatic heterocycles. The molecular formula is C15H20O6. The van der Waals surface area contributed by atoms with Crippen molar-refractivity contribution in [3.63, 3.8) is 0 Å². The summed E-state index contributed by atoms with van der Waals surface area (Å²) >= 11 is 0. The van der Waals surface area contributed by atoms with Crippen molar-refractivity contribution in [1.82, 2.24) is 0 Å². The Labute approximate surface area is 123 Å². The summed E-state index contributed by atoms with van der Waals surface area (Å²) in [5, 5.41) is 9.14. The lowest BCUT2D eigenvalue weighted by Crippen LogP contribution is -2.27. The average Bonchev–Trinajstić information content (AvgIpc) is 2.44. The topological polar surface area (TPSA) is 82.1 Å². The van der Waals surface area contributed by atoms with Crippen LogP contribution in [0.5, 0.6) is 17.2 Å². The van der Waals surface area contributed by atoms with Gasteiger partial charge in [-0.2, -0.15) is 0 Å². The number of hydrogen-bond donors (Lipinski definition) is 1. The van der Waals surface area contributed by atoms with Gasteiger partial charge in [0.05, 0.1) is 26.7 Å². The van der Waals surface area contributed by atoms with Crippen LogP contribution in [0, 0.1) is 5.41 Å². The van der Waals surface area contributed by atoms with Gasteiger partial charge in [0.1, 0.15) is 22.8 Å². The Morgan fingerprint density at radius 3 is 1.86 bits per heavy atom. The smallest absolute Gasteiger partial charge is 0.309 e. The largest absolute Gasteiger partial charge is 0.496 e. The summed E-state index contributed by atoms with van der Waals surface area (Å²) in [4.78, 5) is 23.6. The van der Waals surface area contributed by atoms with Crippen molar-refractivity contribution in [2.75, 3.05) is 21.3 Å². The van der Waals surface area contributed by atoms with Crippen LogP contribution >= 0.6 is 0 Å². The molecule has 0 fully saturated rings. The zero-order valence-electron chi connectivity index (χ0n) is 12.9. The molecule has 1 aromatic rings. The second kappa shape index (κ2) is 6.47. The molecule has 0 aliphatic carbocycles. The summed E-state index contributed by atoms with van der Waals surface area (Å²) in [6.07, 6.45) is -0.165. The van der Waals surface area contributed by atoms with E-state index in [2.05, 4.69) is 0 Å². The van der Waals surface area contributed by atoms with E-state index in [-0.39, 0.29) is 29.3 Å². The Bertz CT molecular complexity index is 522. The molecule has 0 unspecified atom stereocenters. The van der Waals surface area contributed by atoms with Crippen LogP contribution in [0.3, 0.4) is 0 Å². The van der Waals surface area contributed by atoms with E-state index < -0.39 is 11.4 Å². The highest BCUT2D eigenvalue weighted by Gasteiger charge is 2.33. The maximum Gasteiger partial charge on any atom is 0.309 e. The highest BCUT2D eigenvalue weighted by atomic mass is 16.5. The molecule has 6 nitrogen and oxygen atoms in total. The van der Waals surface area contributed by atoms with Crippen LogP contribution in [0.4, 0.5) is 0 Å². The van der Waals surface area contributed by atoms with E-state index >= 15 is 0 Å². The van der Waals surface area contributed by atoms with E-state index in [0.29, 0.717) is 5.75 Å². The SMILES string of the molecule is COc1cc(OC)c(C(=O)CC(C)(C)C(=O)O)c(OC)c1. The number of methoxy groups -OCH3 is 3. The van der Waals surface area contributed by atoms with Gasteiger partial charge in [-0.1, -0.05) is 0 Å². The van der Waals surface area contributed by atoms with Crippen molar-refractivity contribution in [2.45, 2.75) is 20.3 Å². The van der Waals surface area contributed by atoms with Crippen LogP contribution in [-0.4, -0.2) is 38.2 Å². The fourth-order valence-corrected chi connectivity index (χ4v) is 1.85. The molecule has 0 atom stereocenters. The molecule has 0 saturated carbocycles. The molecule has 21 heavy (non-hydrogen) atoms. The van der Waals surface area contributed by atoms with Crippen molar-refractivity contribution < 1.29 is 28.9 Å². The van der Waals surface area contributed by atoms with Gasteiger partial charge in [-0.05, 0) is 13.8 Å². The first-order chi connectivity index (χ1) is 9.76. The molecular weight excluding hydrogens is 276 g/mol. The van der Waals surface area contributed by atoms with Crippen molar-refractivity contribution in [1.29, 1.82) is 0 Å². The molecule has 0 radical (unpaired) electrons. The van der Waals surface area contributed by atoms with E-state index in [1.54, 1.807) is 12.1 Å². The van der Waals surface area contributed by atoms with Gasteiger partial charge in [0, 0.05) is 18.6 Å². The molecule has 1 aromatic carbocycles. The maximum atomic E-state index is 12.5. The van der Waals surface area contributed by atoms with Crippen LogP contribution in [0.1, 0.15) is 30.6 Å². The molecule has 0 heterocycles. The van der Waals surface area contributed by atoms with Crippen molar-refractivity contribution in [3.05, 3.63) is 17.7 Å². The molecule has 1 N–H and O–H groups in total. The number of carboxylic acid groups (broad SMARTS) is 1. The number of hydrogen-bond acceptors (Lipinski definition) is 5. The molecule has 0 saturated heterocycles. The number of benzene rings is 1. The van der Waals surface area contributed by atoms with Gasteiger partial charge >= 0.3 is 5.97 Å². The maximum absolute atomic E-state index is 12.5. The monoisotopic (exact) mass is 296 g/mol. The lowest BCUT2D eigenvalue weighted by molar-refractivity contribution is -0.146. The first kappa shape index (κ1) is 16.8. The number of ether oxygens (including phenoxy) is 3. The normalized spacial score (nSPS) is 10.9. The van der Waals surface area contributed by atoms with Crippen LogP contribution in [0.25, 0.3) is 0 Å². The minimum absolute atomic E-state index is 0.165. The first-order valence-corrected chi connectivity index (χ1v) is 6.33. The Balaban J connectivity index is 3.28. The predicted octanol–water partition coefficient (Wildman–Crippen LogP) is 2.40. The molecule has 0 aliphatic rings. The third-order valence-electron chi connectivity index (χ3n) is 3.18. The van der Waals surface area contributed by atoms with E-state index in [9.17, 15) is 9.59 Å². The predicted molar refractivity (Wildman–Crippen MR) is 76.5 cm³/mol. The lowest BCUT2D eigenvalue weighted by Gasteiger charge is -2.20. The van der Waals surface area contributed by atoms with E-state index in [4.69, 9.17) is 19.3 Å². The molecule has 0 bridgehead atoms. The Morgan fingerprint density at radius 2 is 1.52 bits per heavy atom. The minimum Gasteiger partial charge on any atom is -0.496 e.